The Kier molecular flexibility index (Phi) is 3.82. The minimum atomic E-state index is -0.571. The number of nitrogens with zero attached hydrogens (tertiary/aromatic N) is 2. The lowest BCUT2D eigenvalue weighted by molar-refractivity contribution is 0.174. The molecule has 0 atom stereocenters. The number of benzene rings is 2. The molecule has 28 heavy (non-hydrogen) atoms. The fourth-order valence-corrected chi connectivity index (χ4v) is 3.13. The van der Waals surface area contributed by atoms with Gasteiger partial charge in [-0.1, -0.05) is 18.2 Å². The lowest BCUT2D eigenvalue weighted by Gasteiger charge is -2.02. The minimum absolute atomic E-state index is 0.115. The molecule has 8 nitrogen and oxygen atoms in total. The van der Waals surface area contributed by atoms with E-state index in [1.165, 1.54) is 4.68 Å². The van der Waals surface area contributed by atoms with Crippen LogP contribution in [0.2, 0.25) is 0 Å². The Morgan fingerprint density at radius 3 is 2.89 bits per heavy atom. The topological polar surface area (TPSA) is 88.9 Å². The maximum absolute atomic E-state index is 12.2. The first-order valence-corrected chi connectivity index (χ1v) is 8.83. The van der Waals surface area contributed by atoms with Crippen LogP contribution in [0.5, 0.6) is 17.2 Å². The molecule has 0 spiro atoms. The van der Waals surface area contributed by atoms with Gasteiger partial charge in [0.15, 0.2) is 28.6 Å². The van der Waals surface area contributed by atoms with Crippen molar-refractivity contribution >= 4 is 11.0 Å². The van der Waals surface area contributed by atoms with Gasteiger partial charge in [-0.3, -0.25) is 0 Å². The Hall–Kier alpha value is -3.68. The number of fused-ring (bicyclic) bond motifs is 2. The highest BCUT2D eigenvalue weighted by Gasteiger charge is 2.18. The number of hydrogen-bond acceptors (Lipinski definition) is 7. The molecule has 0 aliphatic carbocycles. The molecule has 0 fully saturated rings. The standard InChI is InChI=1S/C20H16N2O6/c1-2-24-15-5-3-4-13-9-17(27-18(13)15)19-21-22(20(23)28-19)10-12-6-7-14-16(8-12)26-11-25-14/h3-9H,2,10-11H2,1H3. The predicted molar refractivity (Wildman–Crippen MR) is 98.8 cm³/mol. The van der Waals surface area contributed by atoms with Gasteiger partial charge in [-0.25, -0.2) is 4.79 Å². The van der Waals surface area contributed by atoms with Crippen molar-refractivity contribution < 1.29 is 23.0 Å². The number of rotatable bonds is 5. The fourth-order valence-electron chi connectivity index (χ4n) is 3.13. The summed E-state index contributed by atoms with van der Waals surface area (Å²) in [6.45, 7) is 2.86. The monoisotopic (exact) mass is 380 g/mol. The summed E-state index contributed by atoms with van der Waals surface area (Å²) in [5.41, 5.74) is 1.43. The van der Waals surface area contributed by atoms with E-state index in [0.29, 0.717) is 35.2 Å². The first-order valence-electron chi connectivity index (χ1n) is 8.83. The van der Waals surface area contributed by atoms with Crippen molar-refractivity contribution in [2.24, 2.45) is 0 Å². The van der Waals surface area contributed by atoms with Crippen LogP contribution in [0.3, 0.4) is 0 Å². The van der Waals surface area contributed by atoms with Crippen molar-refractivity contribution in [2.75, 3.05) is 13.4 Å². The summed E-state index contributed by atoms with van der Waals surface area (Å²) in [6.07, 6.45) is 0. The fraction of sp³-hybridized carbons (Fsp3) is 0.200. The van der Waals surface area contributed by atoms with E-state index >= 15 is 0 Å². The van der Waals surface area contributed by atoms with Gasteiger partial charge in [0.05, 0.1) is 13.2 Å². The summed E-state index contributed by atoms with van der Waals surface area (Å²) in [5, 5.41) is 5.11. The molecule has 3 heterocycles. The highest BCUT2D eigenvalue weighted by atomic mass is 16.7. The van der Waals surface area contributed by atoms with Crippen molar-refractivity contribution in [1.82, 2.24) is 9.78 Å². The van der Waals surface area contributed by atoms with E-state index in [4.69, 9.17) is 23.0 Å². The summed E-state index contributed by atoms with van der Waals surface area (Å²) in [7, 11) is 0. The quantitative estimate of drug-likeness (QED) is 0.524. The van der Waals surface area contributed by atoms with E-state index < -0.39 is 5.76 Å². The van der Waals surface area contributed by atoms with Crippen LogP contribution in [0.25, 0.3) is 22.6 Å². The average Bonchev–Trinajstić information content (AvgIpc) is 3.40. The molecule has 142 valence electrons. The van der Waals surface area contributed by atoms with Crippen LogP contribution in [0.15, 0.2) is 56.1 Å². The first-order chi connectivity index (χ1) is 13.7. The molecule has 0 unspecified atom stereocenters. The zero-order valence-corrected chi connectivity index (χ0v) is 15.0. The van der Waals surface area contributed by atoms with Gasteiger partial charge in [-0.2, -0.15) is 4.68 Å². The smallest absolute Gasteiger partial charge is 0.437 e. The number of para-hydroxylation sites is 1. The molecule has 0 saturated heterocycles. The van der Waals surface area contributed by atoms with E-state index in [9.17, 15) is 4.79 Å². The summed E-state index contributed by atoms with van der Waals surface area (Å²) in [6, 6.07) is 12.8. The Morgan fingerprint density at radius 2 is 2.00 bits per heavy atom. The largest absolute Gasteiger partial charge is 0.490 e. The Labute approximate surface area is 158 Å². The van der Waals surface area contributed by atoms with Crippen LogP contribution in [0, 0.1) is 0 Å². The molecular formula is C20H16N2O6. The minimum Gasteiger partial charge on any atom is -0.490 e. The van der Waals surface area contributed by atoms with Gasteiger partial charge in [0.25, 0.3) is 5.89 Å². The number of ether oxygens (including phenoxy) is 3. The molecule has 1 aliphatic heterocycles. The number of hydrogen-bond donors (Lipinski definition) is 0. The highest BCUT2D eigenvalue weighted by Crippen LogP contribution is 2.34. The van der Waals surface area contributed by atoms with E-state index in [1.54, 1.807) is 12.1 Å². The van der Waals surface area contributed by atoms with Crippen LogP contribution >= 0.6 is 0 Å². The van der Waals surface area contributed by atoms with Gasteiger partial charge in [-0.15, -0.1) is 5.10 Å². The third-order valence-corrected chi connectivity index (χ3v) is 4.39. The molecule has 5 rings (SSSR count). The molecule has 1 aliphatic rings. The van der Waals surface area contributed by atoms with Crippen molar-refractivity contribution in [1.29, 1.82) is 0 Å². The SMILES string of the molecule is CCOc1cccc2cc(-c3nn(Cc4ccc5c(c4)OCO5)c(=O)o3)oc12. The maximum atomic E-state index is 12.2. The van der Waals surface area contributed by atoms with Gasteiger partial charge in [-0.05, 0) is 36.8 Å². The zero-order valence-electron chi connectivity index (χ0n) is 15.0. The number of aromatic nitrogens is 2. The van der Waals surface area contributed by atoms with E-state index in [-0.39, 0.29) is 19.2 Å². The second-order valence-electron chi connectivity index (χ2n) is 6.24. The molecule has 4 aromatic rings. The first kappa shape index (κ1) is 16.5. The van der Waals surface area contributed by atoms with E-state index in [0.717, 1.165) is 10.9 Å². The van der Waals surface area contributed by atoms with Crippen LogP contribution < -0.4 is 20.0 Å². The maximum Gasteiger partial charge on any atom is 0.437 e. The Bertz CT molecular complexity index is 1220. The Balaban J connectivity index is 1.47. The molecular weight excluding hydrogens is 364 g/mol. The summed E-state index contributed by atoms with van der Waals surface area (Å²) >= 11 is 0. The van der Waals surface area contributed by atoms with Crippen LogP contribution in [-0.4, -0.2) is 23.2 Å². The second-order valence-corrected chi connectivity index (χ2v) is 6.24. The third-order valence-electron chi connectivity index (χ3n) is 4.39. The molecule has 0 saturated carbocycles. The van der Waals surface area contributed by atoms with Crippen molar-refractivity contribution in [3.63, 3.8) is 0 Å². The van der Waals surface area contributed by atoms with Gasteiger partial charge >= 0.3 is 5.76 Å². The molecule has 0 N–H and O–H groups in total. The van der Waals surface area contributed by atoms with Gasteiger partial charge in [0.1, 0.15) is 0 Å². The third kappa shape index (κ3) is 2.79. The van der Waals surface area contributed by atoms with Gasteiger partial charge in [0, 0.05) is 5.39 Å². The highest BCUT2D eigenvalue weighted by molar-refractivity contribution is 5.86. The van der Waals surface area contributed by atoms with Crippen LogP contribution in [0.1, 0.15) is 12.5 Å². The molecule has 8 heteroatoms. The molecule has 0 bridgehead atoms. The van der Waals surface area contributed by atoms with Crippen LogP contribution in [0.4, 0.5) is 0 Å². The lowest BCUT2D eigenvalue weighted by Crippen LogP contribution is -2.16. The van der Waals surface area contributed by atoms with E-state index in [2.05, 4.69) is 5.10 Å². The second kappa shape index (κ2) is 6.49. The molecule has 0 radical (unpaired) electrons. The normalized spacial score (nSPS) is 12.6. The van der Waals surface area contributed by atoms with Crippen molar-refractivity contribution in [3.05, 3.63) is 58.6 Å². The Morgan fingerprint density at radius 1 is 1.11 bits per heavy atom. The molecule has 2 aromatic carbocycles. The van der Waals surface area contributed by atoms with Gasteiger partial charge in [0.2, 0.25) is 6.79 Å². The summed E-state index contributed by atoms with van der Waals surface area (Å²) in [5.74, 6) is 1.87. The summed E-state index contributed by atoms with van der Waals surface area (Å²) in [4.78, 5) is 12.2. The predicted octanol–water partition coefficient (Wildman–Crippen LogP) is 3.43. The molecule has 2 aromatic heterocycles. The average molecular weight is 380 g/mol. The van der Waals surface area contributed by atoms with E-state index in [1.807, 2.05) is 37.3 Å². The van der Waals surface area contributed by atoms with Crippen molar-refractivity contribution in [3.8, 4) is 28.9 Å². The van der Waals surface area contributed by atoms with Crippen LogP contribution in [-0.2, 0) is 6.54 Å². The summed E-state index contributed by atoms with van der Waals surface area (Å²) < 4.78 is 28.6. The molecule has 0 amide bonds. The van der Waals surface area contributed by atoms with Gasteiger partial charge < -0.3 is 23.0 Å². The number of furan rings is 1. The van der Waals surface area contributed by atoms with Crippen molar-refractivity contribution in [2.45, 2.75) is 13.5 Å². The lowest BCUT2D eigenvalue weighted by atomic mass is 10.2. The zero-order chi connectivity index (χ0) is 19.1.